The summed E-state index contributed by atoms with van der Waals surface area (Å²) in [6.07, 6.45) is 4.41. The third kappa shape index (κ3) is 1.14. The van der Waals surface area contributed by atoms with Crippen LogP contribution in [-0.4, -0.2) is 49.3 Å². The monoisotopic (exact) mass is 182 g/mol. The topological polar surface area (TPSA) is 24.5 Å². The number of rotatable bonds is 1. The van der Waals surface area contributed by atoms with Crippen molar-refractivity contribution in [1.29, 1.82) is 0 Å². The van der Waals surface area contributed by atoms with E-state index >= 15 is 0 Å². The lowest BCUT2D eigenvalue weighted by Crippen LogP contribution is -2.66. The molecule has 3 aliphatic heterocycles. The number of nitrogens with zero attached hydrogens (tertiary/aromatic N) is 1. The van der Waals surface area contributed by atoms with Gasteiger partial charge in [-0.15, -0.1) is 0 Å². The van der Waals surface area contributed by atoms with Crippen LogP contribution in [0.15, 0.2) is 0 Å². The van der Waals surface area contributed by atoms with Crippen molar-refractivity contribution in [1.82, 2.24) is 10.2 Å². The average Bonchev–Trinajstić information content (AvgIpc) is 2.23. The molecule has 0 aromatic heterocycles. The van der Waals surface area contributed by atoms with Crippen molar-refractivity contribution in [2.75, 3.05) is 26.7 Å². The molecule has 0 saturated carbocycles. The highest BCUT2D eigenvalue weighted by molar-refractivity contribution is 5.10. The van der Waals surface area contributed by atoms with Gasteiger partial charge in [-0.25, -0.2) is 0 Å². The zero-order valence-corrected chi connectivity index (χ0v) is 8.25. The predicted octanol–water partition coefficient (Wildman–Crippen LogP) is 0.211. The van der Waals surface area contributed by atoms with Crippen LogP contribution in [0.4, 0.5) is 0 Å². The van der Waals surface area contributed by atoms with Gasteiger partial charge in [0.25, 0.3) is 0 Å². The molecule has 0 unspecified atom stereocenters. The lowest BCUT2D eigenvalue weighted by Gasteiger charge is -2.47. The normalized spacial score (nSPS) is 50.5. The van der Waals surface area contributed by atoms with Gasteiger partial charge >= 0.3 is 0 Å². The van der Waals surface area contributed by atoms with Crippen molar-refractivity contribution >= 4 is 0 Å². The number of piperazine rings is 1. The Kier molecular flexibility index (Phi) is 1.70. The Morgan fingerprint density at radius 3 is 3.00 bits per heavy atom. The Labute approximate surface area is 79.4 Å². The number of nitrogens with one attached hydrogen (secondary N) is 1. The minimum Gasteiger partial charge on any atom is -0.376 e. The molecule has 3 heteroatoms. The maximum atomic E-state index is 5.65. The highest BCUT2D eigenvalue weighted by Crippen LogP contribution is 2.37. The highest BCUT2D eigenvalue weighted by atomic mass is 16.5. The minimum atomic E-state index is 0.315. The van der Waals surface area contributed by atoms with E-state index in [2.05, 4.69) is 17.3 Å². The summed E-state index contributed by atoms with van der Waals surface area (Å²) < 4.78 is 5.65. The molecule has 0 amide bonds. The lowest BCUT2D eigenvalue weighted by molar-refractivity contribution is -0.112. The fraction of sp³-hybridized carbons (Fsp3) is 1.00. The van der Waals surface area contributed by atoms with Gasteiger partial charge in [0.2, 0.25) is 0 Å². The van der Waals surface area contributed by atoms with Gasteiger partial charge in [-0.05, 0) is 26.3 Å². The minimum absolute atomic E-state index is 0.315. The molecule has 3 aliphatic rings. The van der Waals surface area contributed by atoms with Crippen LogP contribution in [0, 0.1) is 0 Å². The molecule has 0 aromatic rings. The second kappa shape index (κ2) is 2.69. The third-order valence-corrected chi connectivity index (χ3v) is 3.83. The summed E-state index contributed by atoms with van der Waals surface area (Å²) in [6, 6.07) is 0.725. The van der Waals surface area contributed by atoms with Crippen LogP contribution in [-0.2, 0) is 4.74 Å². The second-order valence-electron chi connectivity index (χ2n) is 4.88. The van der Waals surface area contributed by atoms with Crippen molar-refractivity contribution < 1.29 is 4.74 Å². The molecular formula is C10H18N2O. The quantitative estimate of drug-likeness (QED) is 0.627. The molecule has 0 aliphatic carbocycles. The van der Waals surface area contributed by atoms with Gasteiger partial charge in [0.1, 0.15) is 0 Å². The maximum Gasteiger partial charge on any atom is 0.0791 e. The van der Waals surface area contributed by atoms with Gasteiger partial charge in [0.05, 0.1) is 11.6 Å². The van der Waals surface area contributed by atoms with Crippen molar-refractivity contribution in [2.45, 2.75) is 36.9 Å². The summed E-state index contributed by atoms with van der Waals surface area (Å²) >= 11 is 0. The molecule has 0 radical (unpaired) electrons. The smallest absolute Gasteiger partial charge is 0.0791 e. The number of ether oxygens (including phenoxy) is 1. The number of likely N-dealkylation sites (tertiary alicyclic amines) is 1. The molecule has 2 bridgehead atoms. The van der Waals surface area contributed by atoms with Crippen molar-refractivity contribution in [2.24, 2.45) is 0 Å². The van der Waals surface area contributed by atoms with E-state index in [0.717, 1.165) is 12.6 Å². The Morgan fingerprint density at radius 2 is 2.31 bits per heavy atom. The fourth-order valence-corrected chi connectivity index (χ4v) is 3.19. The van der Waals surface area contributed by atoms with Gasteiger partial charge in [-0.1, -0.05) is 0 Å². The largest absolute Gasteiger partial charge is 0.376 e. The van der Waals surface area contributed by atoms with Gasteiger partial charge in [0.15, 0.2) is 0 Å². The van der Waals surface area contributed by atoms with Crippen molar-refractivity contribution in [3.63, 3.8) is 0 Å². The van der Waals surface area contributed by atoms with E-state index in [1.165, 1.54) is 32.4 Å². The second-order valence-corrected chi connectivity index (χ2v) is 4.88. The first-order valence-corrected chi connectivity index (χ1v) is 5.36. The SMILES string of the molecule is CN1C[C@@H]2CC[C@]([C@@H]3CCO3)(C1)N2. The summed E-state index contributed by atoms with van der Waals surface area (Å²) in [6.45, 7) is 3.37. The highest BCUT2D eigenvalue weighted by Gasteiger charge is 2.50. The summed E-state index contributed by atoms with van der Waals surface area (Å²) in [5, 5.41) is 3.77. The summed E-state index contributed by atoms with van der Waals surface area (Å²) in [7, 11) is 2.23. The van der Waals surface area contributed by atoms with Crippen molar-refractivity contribution in [3.8, 4) is 0 Å². The first-order chi connectivity index (χ1) is 6.28. The molecule has 3 heterocycles. The zero-order chi connectivity index (χ0) is 8.89. The van der Waals surface area contributed by atoms with Crippen LogP contribution in [0.3, 0.4) is 0 Å². The molecule has 0 aromatic carbocycles. The number of hydrogen-bond donors (Lipinski definition) is 1. The Balaban J connectivity index is 1.81. The average molecular weight is 182 g/mol. The number of fused-ring (bicyclic) bond motifs is 2. The number of likely N-dealkylation sites (N-methyl/N-ethyl adjacent to an activating group) is 1. The molecule has 3 fully saturated rings. The van der Waals surface area contributed by atoms with Gasteiger partial charge in [-0.2, -0.15) is 0 Å². The first-order valence-electron chi connectivity index (χ1n) is 5.36. The van der Waals surface area contributed by atoms with Crippen LogP contribution in [0.2, 0.25) is 0 Å². The number of hydrogen-bond acceptors (Lipinski definition) is 3. The van der Waals surface area contributed by atoms with E-state index in [1.807, 2.05) is 0 Å². The van der Waals surface area contributed by atoms with Gasteiger partial charge in [0, 0.05) is 25.7 Å². The van der Waals surface area contributed by atoms with Crippen LogP contribution >= 0.6 is 0 Å². The van der Waals surface area contributed by atoms with E-state index in [9.17, 15) is 0 Å². The van der Waals surface area contributed by atoms with E-state index in [0.29, 0.717) is 11.6 Å². The molecule has 0 spiro atoms. The Hall–Kier alpha value is -0.120. The summed E-state index contributed by atoms with van der Waals surface area (Å²) in [5.41, 5.74) is 0.315. The van der Waals surface area contributed by atoms with Crippen LogP contribution in [0.5, 0.6) is 0 Å². The van der Waals surface area contributed by atoms with Crippen LogP contribution in [0.25, 0.3) is 0 Å². The molecule has 3 atom stereocenters. The van der Waals surface area contributed by atoms with E-state index < -0.39 is 0 Å². The molecule has 3 saturated heterocycles. The Morgan fingerprint density at radius 1 is 1.46 bits per heavy atom. The van der Waals surface area contributed by atoms with Crippen LogP contribution < -0.4 is 5.32 Å². The first kappa shape index (κ1) is 8.21. The standard InChI is InChI=1S/C10H18N2O/c1-12-6-8-2-4-10(7-12,11-8)9-3-5-13-9/h8-9,11H,2-7H2,1H3/t8-,9-,10+/m0/s1. The molecule has 3 rings (SSSR count). The Bertz CT molecular complexity index is 217. The molecular weight excluding hydrogens is 164 g/mol. The zero-order valence-electron chi connectivity index (χ0n) is 8.25. The molecule has 74 valence electrons. The molecule has 13 heavy (non-hydrogen) atoms. The van der Waals surface area contributed by atoms with E-state index in [4.69, 9.17) is 4.74 Å². The van der Waals surface area contributed by atoms with E-state index in [1.54, 1.807) is 0 Å². The predicted molar refractivity (Wildman–Crippen MR) is 50.7 cm³/mol. The lowest BCUT2D eigenvalue weighted by atomic mass is 9.85. The molecule has 3 nitrogen and oxygen atoms in total. The van der Waals surface area contributed by atoms with E-state index in [-0.39, 0.29) is 0 Å². The summed E-state index contributed by atoms with van der Waals surface area (Å²) in [4.78, 5) is 2.45. The maximum absolute atomic E-state index is 5.65. The summed E-state index contributed by atoms with van der Waals surface area (Å²) in [5.74, 6) is 0. The molecule has 1 N–H and O–H groups in total. The van der Waals surface area contributed by atoms with Crippen LogP contribution in [0.1, 0.15) is 19.3 Å². The van der Waals surface area contributed by atoms with Gasteiger partial charge in [-0.3, -0.25) is 0 Å². The van der Waals surface area contributed by atoms with Gasteiger partial charge < -0.3 is 15.0 Å². The van der Waals surface area contributed by atoms with Crippen molar-refractivity contribution in [3.05, 3.63) is 0 Å². The fourth-order valence-electron chi connectivity index (χ4n) is 3.19. The third-order valence-electron chi connectivity index (χ3n) is 3.83.